The molecule has 1 heterocycles. The van der Waals surface area contributed by atoms with Crippen molar-refractivity contribution in [3.05, 3.63) is 121 Å². The van der Waals surface area contributed by atoms with Crippen molar-refractivity contribution in [1.29, 1.82) is 0 Å². The van der Waals surface area contributed by atoms with Crippen LogP contribution in [0, 0.1) is 0 Å². The molecule has 0 saturated carbocycles. The summed E-state index contributed by atoms with van der Waals surface area (Å²) in [6, 6.07) is 44.1. The maximum absolute atomic E-state index is 12.9. The average molecular weight is 752 g/mol. The summed E-state index contributed by atoms with van der Waals surface area (Å²) in [5.74, 6) is -0.104. The number of esters is 1. The minimum absolute atomic E-state index is 0. The third-order valence-corrected chi connectivity index (χ3v) is 17.8. The topological polar surface area (TPSA) is 26.3 Å². The molecule has 1 saturated heterocycles. The Morgan fingerprint density at radius 3 is 1.41 bits per heavy atom. The maximum Gasteiger partial charge on any atom is 0.309 e. The van der Waals surface area contributed by atoms with Crippen molar-refractivity contribution in [2.45, 2.75) is 12.1 Å². The molecule has 0 aliphatic carbocycles. The van der Waals surface area contributed by atoms with E-state index in [1.165, 1.54) is 28.3 Å². The summed E-state index contributed by atoms with van der Waals surface area (Å²) < 4.78 is 5.29. The number of ether oxygens (including phenoxy) is 1. The molecule has 0 radical (unpaired) electrons. The highest BCUT2D eigenvalue weighted by Crippen LogP contribution is 2.74. The lowest BCUT2D eigenvalue weighted by Gasteiger charge is -2.42. The van der Waals surface area contributed by atoms with Gasteiger partial charge < -0.3 is 52.7 Å². The van der Waals surface area contributed by atoms with Crippen molar-refractivity contribution in [2.75, 3.05) is 25.6 Å². The number of carbonyl (C=O) groups is 1. The number of carbonyl (C=O) groups excluding carboxylic acids is 1. The van der Waals surface area contributed by atoms with Crippen LogP contribution in [0.5, 0.6) is 0 Å². The van der Waals surface area contributed by atoms with Crippen LogP contribution in [-0.2, 0) is 9.53 Å². The monoisotopic (exact) mass is 752 g/mol. The van der Waals surface area contributed by atoms with E-state index in [0.29, 0.717) is 6.42 Å². The van der Waals surface area contributed by atoms with E-state index < -0.39 is 14.5 Å². The van der Waals surface area contributed by atoms with Crippen molar-refractivity contribution in [1.82, 2.24) is 0 Å². The van der Waals surface area contributed by atoms with E-state index >= 15 is 0 Å². The number of halogens is 2. The lowest BCUT2D eigenvalue weighted by atomic mass is 10.3. The molecule has 6 heteroatoms. The molecule has 37 heavy (non-hydrogen) atoms. The van der Waals surface area contributed by atoms with Crippen molar-refractivity contribution in [3.8, 4) is 0 Å². The van der Waals surface area contributed by atoms with Crippen LogP contribution in [-0.4, -0.2) is 37.2 Å². The Balaban J connectivity index is 0.00000190. The summed E-state index contributed by atoms with van der Waals surface area (Å²) in [6.45, 7) is 0. The van der Waals surface area contributed by atoms with Gasteiger partial charge in [-0.25, -0.2) is 0 Å². The molecule has 1 atom stereocenters. The van der Waals surface area contributed by atoms with Gasteiger partial charge in [0.25, 0.3) is 0 Å². The van der Waals surface area contributed by atoms with Gasteiger partial charge in [-0.05, 0) is 48.5 Å². The van der Waals surface area contributed by atoms with E-state index in [1.54, 1.807) is 0 Å². The number of rotatable bonds is 6. The highest BCUT2D eigenvalue weighted by atomic mass is 127. The molecule has 1 aliphatic heterocycles. The maximum atomic E-state index is 12.9. The molecule has 4 aromatic carbocycles. The minimum Gasteiger partial charge on any atom is -1.00 e. The molecule has 1 aliphatic rings. The van der Waals surface area contributed by atoms with Gasteiger partial charge in [-0.1, -0.05) is 72.8 Å². The molecule has 4 aromatic rings. The minimum atomic E-state index is -1.87. The Kier molecular flexibility index (Phi) is 11.1. The summed E-state index contributed by atoms with van der Waals surface area (Å²) >= 11 is 0. The first-order chi connectivity index (χ1) is 17.2. The largest absolute Gasteiger partial charge is 1.00 e. The summed E-state index contributed by atoms with van der Waals surface area (Å²) in [6.07, 6.45) is 3.72. The molecular weight excluding hydrogens is 720 g/mol. The third-order valence-electron chi connectivity index (χ3n) is 7.54. The van der Waals surface area contributed by atoms with Crippen LogP contribution in [0.4, 0.5) is 0 Å². The summed E-state index contributed by atoms with van der Waals surface area (Å²) in [5.41, 5.74) is 0.224. The quantitative estimate of drug-likeness (QED) is 0.148. The predicted molar refractivity (Wildman–Crippen MR) is 153 cm³/mol. The van der Waals surface area contributed by atoms with Gasteiger partial charge in [0.15, 0.2) is 0 Å². The first kappa shape index (κ1) is 30.2. The lowest BCUT2D eigenvalue weighted by molar-refractivity contribution is -0.140. The molecule has 5 rings (SSSR count). The number of methoxy groups -OCH3 is 1. The Hall–Kier alpha value is -1.33. The zero-order valence-electron chi connectivity index (χ0n) is 20.9. The molecule has 0 N–H and O–H groups in total. The number of hydrogen-bond donors (Lipinski definition) is 0. The highest BCUT2D eigenvalue weighted by Gasteiger charge is 2.62. The van der Waals surface area contributed by atoms with Gasteiger partial charge in [0.2, 0.25) is 0 Å². The molecule has 1 fully saturated rings. The van der Waals surface area contributed by atoms with Crippen molar-refractivity contribution < 1.29 is 57.5 Å². The van der Waals surface area contributed by atoms with E-state index in [-0.39, 0.29) is 59.6 Å². The Morgan fingerprint density at radius 2 is 1.03 bits per heavy atom. The van der Waals surface area contributed by atoms with Crippen LogP contribution in [0.25, 0.3) is 0 Å². The van der Waals surface area contributed by atoms with Gasteiger partial charge in [-0.15, -0.1) is 0 Å². The van der Waals surface area contributed by atoms with Gasteiger partial charge in [-0.2, -0.15) is 0 Å². The fourth-order valence-electron chi connectivity index (χ4n) is 5.86. The first-order valence-electron chi connectivity index (χ1n) is 12.2. The van der Waals surface area contributed by atoms with Crippen molar-refractivity contribution in [3.63, 3.8) is 0 Å². The van der Waals surface area contributed by atoms with Crippen molar-refractivity contribution in [2.24, 2.45) is 0 Å². The van der Waals surface area contributed by atoms with Gasteiger partial charge in [0.05, 0.1) is 49.3 Å². The van der Waals surface area contributed by atoms with Crippen LogP contribution in [0.3, 0.4) is 0 Å². The Labute approximate surface area is 256 Å². The van der Waals surface area contributed by atoms with E-state index in [4.69, 9.17) is 4.74 Å². The normalized spacial score (nSPS) is 17.5. The van der Waals surface area contributed by atoms with Crippen LogP contribution >= 0.6 is 14.5 Å². The molecule has 0 amide bonds. The van der Waals surface area contributed by atoms with Gasteiger partial charge >= 0.3 is 5.97 Å². The van der Waals surface area contributed by atoms with E-state index in [9.17, 15) is 4.79 Å². The Bertz CT molecular complexity index is 1180. The van der Waals surface area contributed by atoms with Gasteiger partial charge in [0, 0.05) is 0 Å². The predicted octanol–water partition coefficient (Wildman–Crippen LogP) is -0.723. The van der Waals surface area contributed by atoms with E-state index in [1.807, 2.05) is 0 Å². The van der Waals surface area contributed by atoms with Gasteiger partial charge in [0.1, 0.15) is 24.1 Å². The fourth-order valence-corrected chi connectivity index (χ4v) is 18.1. The lowest BCUT2D eigenvalue weighted by Crippen LogP contribution is -3.00. The first-order valence-corrected chi connectivity index (χ1v) is 16.4. The number of benzene rings is 4. The second-order valence-corrected chi connectivity index (χ2v) is 17.0. The highest BCUT2D eigenvalue weighted by molar-refractivity contribution is 7.96. The molecule has 0 aromatic heterocycles. The number of hydrogen-bond acceptors (Lipinski definition) is 2. The molecule has 1 unspecified atom stereocenters. The standard InChI is InChI=1S/C31H32O2P2.2HI/c1-33-31(32)24-30-25-34(26-14-6-2-7-15-26,27-16-8-3-9-17-27)22-23-35(30,28-18-10-4-11-19-28)29-20-12-5-13-21-29;;/h2-21,30H,22-25H2,1H3;2*1H/q+2;;/p-2. The molecule has 0 spiro atoms. The van der Waals surface area contributed by atoms with E-state index in [0.717, 1.165) is 18.5 Å². The second-order valence-electron chi connectivity index (χ2n) is 9.24. The summed E-state index contributed by atoms with van der Waals surface area (Å²) in [5, 5.41) is 5.69. The van der Waals surface area contributed by atoms with E-state index in [2.05, 4.69) is 121 Å². The van der Waals surface area contributed by atoms with Crippen LogP contribution in [0.1, 0.15) is 6.42 Å². The van der Waals surface area contributed by atoms with Crippen LogP contribution < -0.4 is 69.2 Å². The molecule has 192 valence electrons. The van der Waals surface area contributed by atoms with Crippen molar-refractivity contribution >= 4 is 41.7 Å². The average Bonchev–Trinajstić information content (AvgIpc) is 2.95. The van der Waals surface area contributed by atoms with Crippen LogP contribution in [0.15, 0.2) is 121 Å². The molecule has 2 nitrogen and oxygen atoms in total. The SMILES string of the molecule is COC(=O)CC1C[P+](c2ccccc2)(c2ccccc2)CC[P+]1(c1ccccc1)c1ccccc1.[I-].[I-]. The zero-order chi connectivity index (χ0) is 24.1. The third kappa shape index (κ3) is 5.98. The fraction of sp³-hybridized carbons (Fsp3) is 0.194. The van der Waals surface area contributed by atoms with Crippen LogP contribution in [0.2, 0.25) is 0 Å². The zero-order valence-corrected chi connectivity index (χ0v) is 27.0. The summed E-state index contributed by atoms with van der Waals surface area (Å²) in [7, 11) is -2.06. The van der Waals surface area contributed by atoms with Gasteiger partial charge in [-0.3, -0.25) is 4.79 Å². The smallest absolute Gasteiger partial charge is 0.309 e. The Morgan fingerprint density at radius 1 is 0.649 bits per heavy atom. The molecule has 0 bridgehead atoms. The summed E-state index contributed by atoms with van der Waals surface area (Å²) in [4.78, 5) is 12.9. The second kappa shape index (κ2) is 13.6. The molecular formula is C31H32I2O2P2.